The van der Waals surface area contributed by atoms with E-state index in [1.165, 1.54) is 11.3 Å². The molecule has 3 nitrogen and oxygen atoms in total. The third-order valence-corrected chi connectivity index (χ3v) is 4.36. The van der Waals surface area contributed by atoms with Gasteiger partial charge in [0.15, 0.2) is 24.0 Å². The number of benzene rings is 1. The van der Waals surface area contributed by atoms with Gasteiger partial charge in [0.25, 0.3) is 5.91 Å². The molecule has 1 amide bonds. The number of hydrogen-bond acceptors (Lipinski definition) is 3. The summed E-state index contributed by atoms with van der Waals surface area (Å²) in [6.07, 6.45) is 0. The van der Waals surface area contributed by atoms with Crippen molar-refractivity contribution in [2.75, 3.05) is 6.61 Å². The van der Waals surface area contributed by atoms with Crippen molar-refractivity contribution in [3.8, 4) is 5.75 Å². The number of hydrogen-bond donors (Lipinski definition) is 1. The average Bonchev–Trinajstić information content (AvgIpc) is 3.03. The van der Waals surface area contributed by atoms with E-state index in [9.17, 15) is 22.4 Å². The van der Waals surface area contributed by atoms with Crippen LogP contribution < -0.4 is 10.1 Å². The zero-order valence-corrected chi connectivity index (χ0v) is 14.6. The van der Waals surface area contributed by atoms with Crippen molar-refractivity contribution in [1.29, 1.82) is 0 Å². The summed E-state index contributed by atoms with van der Waals surface area (Å²) in [6.45, 7) is 4.97. The lowest BCUT2D eigenvalue weighted by molar-refractivity contribution is -0.124. The fraction of sp³-hybridized carbons (Fsp3) is 0.353. The largest absolute Gasteiger partial charge is 0.477 e. The van der Waals surface area contributed by atoms with Crippen LogP contribution >= 0.6 is 11.3 Å². The van der Waals surface area contributed by atoms with Crippen LogP contribution in [0, 0.1) is 28.7 Å². The minimum atomic E-state index is -1.68. The maximum atomic E-state index is 13.5. The number of thiophene rings is 1. The number of ether oxygens (including phenoxy) is 1. The van der Waals surface area contributed by atoms with Crippen LogP contribution in [0.25, 0.3) is 0 Å². The lowest BCUT2D eigenvalue weighted by Gasteiger charge is -2.30. The molecule has 25 heavy (non-hydrogen) atoms. The molecule has 0 radical (unpaired) electrons. The zero-order valence-electron chi connectivity index (χ0n) is 13.8. The molecule has 136 valence electrons. The van der Waals surface area contributed by atoms with E-state index in [0.717, 1.165) is 4.88 Å². The highest BCUT2D eigenvalue weighted by Gasteiger charge is 2.29. The Balaban J connectivity index is 2.11. The van der Waals surface area contributed by atoms with Crippen LogP contribution in [0.5, 0.6) is 5.75 Å². The van der Waals surface area contributed by atoms with Gasteiger partial charge < -0.3 is 10.1 Å². The Morgan fingerprint density at radius 1 is 1.20 bits per heavy atom. The van der Waals surface area contributed by atoms with Crippen LogP contribution in [-0.2, 0) is 4.79 Å². The van der Waals surface area contributed by atoms with Gasteiger partial charge in [-0.1, -0.05) is 26.8 Å². The number of nitrogens with one attached hydrogen (secondary N) is 1. The molecule has 0 spiro atoms. The third kappa shape index (κ3) is 4.50. The highest BCUT2D eigenvalue weighted by atomic mass is 32.1. The van der Waals surface area contributed by atoms with Crippen LogP contribution in [-0.4, -0.2) is 12.5 Å². The van der Waals surface area contributed by atoms with Crippen LogP contribution in [0.2, 0.25) is 0 Å². The molecule has 0 aliphatic heterocycles. The van der Waals surface area contributed by atoms with Gasteiger partial charge in [0, 0.05) is 10.9 Å². The van der Waals surface area contributed by atoms with Crippen LogP contribution in [0.1, 0.15) is 31.7 Å². The van der Waals surface area contributed by atoms with Gasteiger partial charge in [-0.3, -0.25) is 4.79 Å². The van der Waals surface area contributed by atoms with E-state index < -0.39 is 41.5 Å². The Morgan fingerprint density at radius 3 is 2.28 bits per heavy atom. The number of rotatable bonds is 5. The lowest BCUT2D eigenvalue weighted by atomic mass is 9.86. The summed E-state index contributed by atoms with van der Waals surface area (Å²) in [5.74, 6) is -8.48. The number of halogens is 4. The first-order chi connectivity index (χ1) is 11.6. The molecule has 1 N–H and O–H groups in total. The molecule has 1 atom stereocenters. The molecule has 2 aromatic rings. The van der Waals surface area contributed by atoms with Crippen molar-refractivity contribution >= 4 is 17.2 Å². The van der Waals surface area contributed by atoms with Crippen LogP contribution in [0.15, 0.2) is 23.6 Å². The fourth-order valence-electron chi connectivity index (χ4n) is 2.19. The van der Waals surface area contributed by atoms with E-state index >= 15 is 0 Å². The van der Waals surface area contributed by atoms with Crippen molar-refractivity contribution in [3.63, 3.8) is 0 Å². The second-order valence-corrected chi connectivity index (χ2v) is 7.45. The summed E-state index contributed by atoms with van der Waals surface area (Å²) in [4.78, 5) is 13.0. The van der Waals surface area contributed by atoms with Crippen LogP contribution in [0.3, 0.4) is 0 Å². The van der Waals surface area contributed by atoms with Gasteiger partial charge >= 0.3 is 0 Å². The molecule has 2 rings (SSSR count). The second-order valence-electron chi connectivity index (χ2n) is 6.47. The monoisotopic (exact) mass is 375 g/mol. The lowest BCUT2D eigenvalue weighted by Crippen LogP contribution is -2.38. The van der Waals surface area contributed by atoms with E-state index in [-0.39, 0.29) is 17.5 Å². The first-order valence-corrected chi connectivity index (χ1v) is 8.27. The van der Waals surface area contributed by atoms with Crippen molar-refractivity contribution in [2.24, 2.45) is 5.41 Å². The quantitative estimate of drug-likeness (QED) is 0.613. The average molecular weight is 375 g/mol. The van der Waals surface area contributed by atoms with E-state index in [1.54, 1.807) is 0 Å². The first-order valence-electron chi connectivity index (χ1n) is 7.39. The molecular formula is C17H17F4NO2S. The highest BCUT2D eigenvalue weighted by molar-refractivity contribution is 7.10. The maximum absolute atomic E-state index is 13.5. The van der Waals surface area contributed by atoms with Gasteiger partial charge in [-0.25, -0.2) is 8.78 Å². The molecule has 8 heteroatoms. The molecule has 0 fully saturated rings. The van der Waals surface area contributed by atoms with Gasteiger partial charge in [-0.05, 0) is 16.9 Å². The Bertz CT molecular complexity index is 731. The maximum Gasteiger partial charge on any atom is 0.258 e. The first kappa shape index (κ1) is 19.2. The van der Waals surface area contributed by atoms with Crippen molar-refractivity contribution in [2.45, 2.75) is 26.8 Å². The molecule has 0 saturated carbocycles. The standard InChI is InChI=1S/C17H17F4NO2S/c1-17(2,3)16(11-5-4-6-25-11)22-12(23)8-24-15-13(20)9(18)7-10(19)14(15)21/h4-7,16H,8H2,1-3H3,(H,22,23). The molecule has 0 aliphatic carbocycles. The van der Waals surface area contributed by atoms with Gasteiger partial charge in [0.2, 0.25) is 11.6 Å². The van der Waals surface area contributed by atoms with E-state index in [4.69, 9.17) is 0 Å². The number of amides is 1. The normalized spacial score (nSPS) is 12.8. The minimum absolute atomic E-state index is 0.0734. The number of carbonyl (C=O) groups is 1. The van der Waals surface area contributed by atoms with E-state index in [2.05, 4.69) is 10.1 Å². The SMILES string of the molecule is CC(C)(C)C(NC(=O)COc1c(F)c(F)cc(F)c1F)c1cccs1. The molecule has 0 aliphatic rings. The van der Waals surface area contributed by atoms with Crippen molar-refractivity contribution in [3.05, 3.63) is 51.7 Å². The summed E-state index contributed by atoms with van der Waals surface area (Å²) in [7, 11) is 0. The predicted octanol–water partition coefficient (Wildman–Crippen LogP) is 4.59. The molecular weight excluding hydrogens is 358 g/mol. The van der Waals surface area contributed by atoms with Gasteiger partial charge in [0.1, 0.15) is 0 Å². The molecule has 1 heterocycles. The Morgan fingerprint density at radius 2 is 1.80 bits per heavy atom. The molecule has 1 unspecified atom stereocenters. The zero-order chi connectivity index (χ0) is 18.8. The van der Waals surface area contributed by atoms with Gasteiger partial charge in [0.05, 0.1) is 6.04 Å². The molecule has 1 aromatic heterocycles. The van der Waals surface area contributed by atoms with Crippen molar-refractivity contribution < 1.29 is 27.1 Å². The highest BCUT2D eigenvalue weighted by Crippen LogP contribution is 2.35. The summed E-state index contributed by atoms with van der Waals surface area (Å²) < 4.78 is 58.0. The second kappa shape index (κ2) is 7.43. The minimum Gasteiger partial charge on any atom is -0.477 e. The predicted molar refractivity (Wildman–Crippen MR) is 86.4 cm³/mol. The van der Waals surface area contributed by atoms with E-state index in [1.807, 2.05) is 38.3 Å². The smallest absolute Gasteiger partial charge is 0.258 e. The Labute approximate surface area is 146 Å². The Hall–Kier alpha value is -2.09. The summed E-state index contributed by atoms with van der Waals surface area (Å²) in [5, 5.41) is 4.57. The summed E-state index contributed by atoms with van der Waals surface area (Å²) in [5.41, 5.74) is -0.331. The third-order valence-electron chi connectivity index (χ3n) is 3.42. The molecule has 0 saturated heterocycles. The Kier molecular flexibility index (Phi) is 5.72. The number of carbonyl (C=O) groups excluding carboxylic acids is 1. The summed E-state index contributed by atoms with van der Waals surface area (Å²) >= 11 is 1.45. The van der Waals surface area contributed by atoms with Gasteiger partial charge in [-0.15, -0.1) is 11.3 Å². The fourth-order valence-corrected chi connectivity index (χ4v) is 3.21. The summed E-state index contributed by atoms with van der Waals surface area (Å²) in [6, 6.07) is 3.40. The molecule has 0 bridgehead atoms. The van der Waals surface area contributed by atoms with E-state index in [0.29, 0.717) is 0 Å². The van der Waals surface area contributed by atoms with Crippen LogP contribution in [0.4, 0.5) is 17.6 Å². The topological polar surface area (TPSA) is 38.3 Å². The van der Waals surface area contributed by atoms with Crippen molar-refractivity contribution in [1.82, 2.24) is 5.32 Å². The molecule has 1 aromatic carbocycles. The van der Waals surface area contributed by atoms with Gasteiger partial charge in [-0.2, -0.15) is 8.78 Å².